The summed E-state index contributed by atoms with van der Waals surface area (Å²) in [5.41, 5.74) is 2.79. The summed E-state index contributed by atoms with van der Waals surface area (Å²) in [5.74, 6) is 1.55. The van der Waals surface area contributed by atoms with Gasteiger partial charge in [0.05, 0.1) is 6.54 Å². The van der Waals surface area contributed by atoms with E-state index in [0.29, 0.717) is 13.1 Å². The molecule has 84 valence electrons. The van der Waals surface area contributed by atoms with Crippen LogP contribution in [0.4, 0.5) is 4.79 Å². The Balaban J connectivity index is 2.43. The van der Waals surface area contributed by atoms with Gasteiger partial charge in [-0.2, -0.15) is 0 Å². The van der Waals surface area contributed by atoms with Crippen molar-refractivity contribution in [2.75, 3.05) is 6.54 Å². The Kier molecular flexibility index (Phi) is 4.17. The molecule has 1 aromatic heterocycles. The lowest BCUT2D eigenvalue weighted by Crippen LogP contribution is -2.41. The van der Waals surface area contributed by atoms with Crippen LogP contribution >= 0.6 is 0 Å². The molecule has 1 rings (SSSR count). The van der Waals surface area contributed by atoms with Gasteiger partial charge in [-0.05, 0) is 25.5 Å². The number of aryl methyl sites for hydroxylation is 1. The summed E-state index contributed by atoms with van der Waals surface area (Å²) in [6, 6.07) is 3.68. The number of amides is 1. The highest BCUT2D eigenvalue weighted by Gasteiger charge is 2.10. The molecule has 0 spiro atoms. The molecule has 1 amide bonds. The van der Waals surface area contributed by atoms with Gasteiger partial charge in [-0.25, -0.2) is 15.2 Å². The zero-order chi connectivity index (χ0) is 11.3. The molecular formula is C10H16N2O3. The summed E-state index contributed by atoms with van der Waals surface area (Å²) in [6.45, 7) is 4.63. The number of carboxylic acid groups (broad SMARTS) is 1. The quantitative estimate of drug-likeness (QED) is 0.732. The Labute approximate surface area is 88.7 Å². The molecule has 1 aromatic rings. The Hall–Kier alpha value is -1.49. The van der Waals surface area contributed by atoms with E-state index in [4.69, 9.17) is 9.52 Å². The van der Waals surface area contributed by atoms with Gasteiger partial charge in [0.1, 0.15) is 11.5 Å². The molecule has 0 aromatic carbocycles. The molecule has 0 aliphatic rings. The van der Waals surface area contributed by atoms with E-state index < -0.39 is 6.09 Å². The van der Waals surface area contributed by atoms with Crippen LogP contribution in [0, 0.1) is 6.92 Å². The first-order valence-electron chi connectivity index (χ1n) is 4.92. The van der Waals surface area contributed by atoms with Crippen LogP contribution in [0.25, 0.3) is 0 Å². The fraction of sp³-hybridized carbons (Fsp3) is 0.500. The van der Waals surface area contributed by atoms with Crippen molar-refractivity contribution in [2.24, 2.45) is 0 Å². The molecule has 15 heavy (non-hydrogen) atoms. The number of hydrogen-bond donors (Lipinski definition) is 2. The molecule has 0 fully saturated rings. The van der Waals surface area contributed by atoms with Crippen LogP contribution in [0.5, 0.6) is 0 Å². The number of hydrazine groups is 1. The molecular weight excluding hydrogens is 196 g/mol. The number of nitrogens with one attached hydrogen (secondary N) is 1. The van der Waals surface area contributed by atoms with Crippen LogP contribution < -0.4 is 5.43 Å². The Morgan fingerprint density at radius 2 is 2.33 bits per heavy atom. The van der Waals surface area contributed by atoms with Crippen molar-refractivity contribution in [3.8, 4) is 0 Å². The lowest BCUT2D eigenvalue weighted by atomic mass is 10.4. The van der Waals surface area contributed by atoms with Gasteiger partial charge in [0, 0.05) is 6.54 Å². The summed E-state index contributed by atoms with van der Waals surface area (Å²) in [7, 11) is 0. The summed E-state index contributed by atoms with van der Waals surface area (Å²) >= 11 is 0. The second-order valence-electron chi connectivity index (χ2n) is 3.28. The fourth-order valence-electron chi connectivity index (χ4n) is 1.22. The highest BCUT2D eigenvalue weighted by Crippen LogP contribution is 2.05. The summed E-state index contributed by atoms with van der Waals surface area (Å²) in [4.78, 5) is 10.7. The molecule has 0 radical (unpaired) electrons. The molecule has 0 saturated heterocycles. The van der Waals surface area contributed by atoms with Gasteiger partial charge in [-0.3, -0.25) is 0 Å². The van der Waals surface area contributed by atoms with Crippen molar-refractivity contribution in [3.63, 3.8) is 0 Å². The van der Waals surface area contributed by atoms with E-state index in [-0.39, 0.29) is 0 Å². The van der Waals surface area contributed by atoms with E-state index in [1.807, 2.05) is 26.0 Å². The second kappa shape index (κ2) is 5.41. The number of rotatable bonds is 5. The van der Waals surface area contributed by atoms with Gasteiger partial charge in [-0.15, -0.1) is 0 Å². The maximum Gasteiger partial charge on any atom is 0.421 e. The van der Waals surface area contributed by atoms with Crippen LogP contribution in [0.1, 0.15) is 24.9 Å². The third-order valence-corrected chi connectivity index (χ3v) is 1.92. The number of nitrogens with zero attached hydrogens (tertiary/aromatic N) is 1. The number of carbonyl (C=O) groups is 1. The standard InChI is InChI=1S/C10H16N2O3/c1-3-6-12(10(13)14)11-7-9-5-4-8(2)15-9/h4-5,11H,3,6-7H2,1-2H3,(H,13,14). The van der Waals surface area contributed by atoms with Crippen molar-refractivity contribution in [2.45, 2.75) is 26.8 Å². The third kappa shape index (κ3) is 3.63. The monoisotopic (exact) mass is 212 g/mol. The lowest BCUT2D eigenvalue weighted by molar-refractivity contribution is 0.117. The van der Waals surface area contributed by atoms with Crippen LogP contribution in [-0.2, 0) is 6.54 Å². The Bertz CT molecular complexity index is 322. The number of hydrogen-bond acceptors (Lipinski definition) is 3. The van der Waals surface area contributed by atoms with Crippen molar-refractivity contribution >= 4 is 6.09 Å². The molecule has 0 aliphatic carbocycles. The van der Waals surface area contributed by atoms with Crippen molar-refractivity contribution in [3.05, 3.63) is 23.7 Å². The highest BCUT2D eigenvalue weighted by molar-refractivity contribution is 5.64. The molecule has 5 nitrogen and oxygen atoms in total. The maximum absolute atomic E-state index is 10.7. The van der Waals surface area contributed by atoms with Crippen molar-refractivity contribution < 1.29 is 14.3 Å². The molecule has 0 saturated carbocycles. The van der Waals surface area contributed by atoms with Crippen LogP contribution in [0.15, 0.2) is 16.5 Å². The zero-order valence-electron chi connectivity index (χ0n) is 8.99. The second-order valence-corrected chi connectivity index (χ2v) is 3.28. The number of furan rings is 1. The average molecular weight is 212 g/mol. The first-order valence-corrected chi connectivity index (χ1v) is 4.92. The predicted octanol–water partition coefficient (Wildman–Crippen LogP) is 1.98. The molecule has 0 unspecified atom stereocenters. The molecule has 5 heteroatoms. The fourth-order valence-corrected chi connectivity index (χ4v) is 1.22. The maximum atomic E-state index is 10.7. The molecule has 0 aliphatic heterocycles. The molecule has 0 bridgehead atoms. The van der Waals surface area contributed by atoms with Crippen LogP contribution in [0.3, 0.4) is 0 Å². The van der Waals surface area contributed by atoms with Crippen molar-refractivity contribution in [1.82, 2.24) is 10.4 Å². The SMILES string of the molecule is CCCN(NCc1ccc(C)o1)C(=O)O. The van der Waals surface area contributed by atoms with Gasteiger partial charge in [0.2, 0.25) is 0 Å². The van der Waals surface area contributed by atoms with Gasteiger partial charge in [0.15, 0.2) is 0 Å². The molecule has 1 heterocycles. The predicted molar refractivity (Wildman–Crippen MR) is 55.3 cm³/mol. The highest BCUT2D eigenvalue weighted by atomic mass is 16.4. The molecule has 2 N–H and O–H groups in total. The summed E-state index contributed by atoms with van der Waals surface area (Å²) in [5, 5.41) is 9.98. The first kappa shape index (κ1) is 11.6. The van der Waals surface area contributed by atoms with E-state index >= 15 is 0 Å². The lowest BCUT2D eigenvalue weighted by Gasteiger charge is -2.18. The minimum atomic E-state index is -0.972. The minimum absolute atomic E-state index is 0.389. The molecule has 0 atom stereocenters. The largest absolute Gasteiger partial charge is 0.465 e. The van der Waals surface area contributed by atoms with Gasteiger partial charge < -0.3 is 9.52 Å². The van der Waals surface area contributed by atoms with E-state index in [1.54, 1.807) is 0 Å². The van der Waals surface area contributed by atoms with Gasteiger partial charge in [0.25, 0.3) is 0 Å². The van der Waals surface area contributed by atoms with Gasteiger partial charge >= 0.3 is 6.09 Å². The minimum Gasteiger partial charge on any atom is -0.465 e. The van der Waals surface area contributed by atoms with Crippen LogP contribution in [-0.4, -0.2) is 22.8 Å². The van der Waals surface area contributed by atoms with E-state index in [9.17, 15) is 4.79 Å². The Morgan fingerprint density at radius 3 is 2.80 bits per heavy atom. The normalized spacial score (nSPS) is 10.3. The summed E-state index contributed by atoms with van der Waals surface area (Å²) in [6.07, 6.45) is -0.198. The first-order chi connectivity index (χ1) is 7.13. The average Bonchev–Trinajstić information content (AvgIpc) is 2.58. The topological polar surface area (TPSA) is 65.7 Å². The Morgan fingerprint density at radius 1 is 1.60 bits per heavy atom. The van der Waals surface area contributed by atoms with E-state index in [2.05, 4.69) is 5.43 Å². The van der Waals surface area contributed by atoms with E-state index in [0.717, 1.165) is 23.0 Å². The van der Waals surface area contributed by atoms with Crippen molar-refractivity contribution in [1.29, 1.82) is 0 Å². The van der Waals surface area contributed by atoms with Gasteiger partial charge in [-0.1, -0.05) is 6.92 Å². The third-order valence-electron chi connectivity index (χ3n) is 1.92. The zero-order valence-corrected chi connectivity index (χ0v) is 8.99. The smallest absolute Gasteiger partial charge is 0.421 e. The summed E-state index contributed by atoms with van der Waals surface area (Å²) < 4.78 is 5.31. The van der Waals surface area contributed by atoms with E-state index in [1.165, 1.54) is 0 Å². The van der Waals surface area contributed by atoms with Crippen LogP contribution in [0.2, 0.25) is 0 Å².